The highest BCUT2D eigenvalue weighted by Crippen LogP contribution is 2.15. The van der Waals surface area contributed by atoms with Gasteiger partial charge in [0.25, 0.3) is 0 Å². The normalized spacial score (nSPS) is 13.6. The molecule has 0 saturated heterocycles. The first-order valence-electron chi connectivity index (χ1n) is 6.15. The van der Waals surface area contributed by atoms with E-state index in [1.807, 2.05) is 12.4 Å². The van der Waals surface area contributed by atoms with E-state index in [1.54, 1.807) is 6.33 Å². The van der Waals surface area contributed by atoms with Crippen LogP contribution in [-0.2, 0) is 4.74 Å². The third-order valence-electron chi connectivity index (χ3n) is 2.31. The van der Waals surface area contributed by atoms with Gasteiger partial charge in [-0.15, -0.1) is 0 Å². The van der Waals surface area contributed by atoms with Gasteiger partial charge >= 0.3 is 0 Å². The lowest BCUT2D eigenvalue weighted by atomic mass is 10.1. The van der Waals surface area contributed by atoms with Crippen molar-refractivity contribution in [1.82, 2.24) is 15.3 Å². The van der Waals surface area contributed by atoms with Crippen molar-refractivity contribution in [2.24, 2.45) is 0 Å². The highest BCUT2D eigenvalue weighted by Gasteiger charge is 2.16. The summed E-state index contributed by atoms with van der Waals surface area (Å²) in [4.78, 5) is 8.10. The summed E-state index contributed by atoms with van der Waals surface area (Å²) in [6.07, 6.45) is 6.32. The Balaban J connectivity index is 2.61. The van der Waals surface area contributed by atoms with Crippen LogP contribution in [0.4, 0.5) is 0 Å². The van der Waals surface area contributed by atoms with Crippen molar-refractivity contribution < 1.29 is 4.74 Å². The van der Waals surface area contributed by atoms with Gasteiger partial charge in [-0.05, 0) is 33.7 Å². The van der Waals surface area contributed by atoms with Crippen LogP contribution in [0.3, 0.4) is 0 Å². The summed E-state index contributed by atoms with van der Waals surface area (Å²) >= 11 is 0. The Labute approximate surface area is 104 Å². The van der Waals surface area contributed by atoms with E-state index in [4.69, 9.17) is 4.74 Å². The number of nitrogens with zero attached hydrogens (tertiary/aromatic N) is 2. The van der Waals surface area contributed by atoms with E-state index in [-0.39, 0.29) is 11.6 Å². The summed E-state index contributed by atoms with van der Waals surface area (Å²) in [6, 6.07) is 0.162. The van der Waals surface area contributed by atoms with Gasteiger partial charge in [0, 0.05) is 18.0 Å². The van der Waals surface area contributed by atoms with Gasteiger partial charge in [0.05, 0.1) is 18.2 Å². The van der Waals surface area contributed by atoms with Crippen molar-refractivity contribution in [3.05, 3.63) is 24.3 Å². The van der Waals surface area contributed by atoms with E-state index >= 15 is 0 Å². The molecule has 0 amide bonds. The van der Waals surface area contributed by atoms with Crippen LogP contribution in [0.25, 0.3) is 0 Å². The summed E-state index contributed by atoms with van der Waals surface area (Å²) in [6.45, 7) is 9.93. The molecule has 4 heteroatoms. The molecule has 0 fully saturated rings. The van der Waals surface area contributed by atoms with Crippen molar-refractivity contribution in [3.63, 3.8) is 0 Å². The summed E-state index contributed by atoms with van der Waals surface area (Å²) in [5.41, 5.74) is 0.951. The van der Waals surface area contributed by atoms with E-state index in [0.717, 1.165) is 18.5 Å². The zero-order valence-corrected chi connectivity index (χ0v) is 11.2. The SMILES string of the molecule is CCCNC(COC(C)(C)C)c1cncnc1. The molecule has 0 aliphatic heterocycles. The average molecular weight is 237 g/mol. The molecule has 1 unspecified atom stereocenters. The molecule has 0 bridgehead atoms. The summed E-state index contributed by atoms with van der Waals surface area (Å²) in [7, 11) is 0. The first-order chi connectivity index (χ1) is 8.03. The molecule has 1 rings (SSSR count). The molecule has 1 aromatic rings. The van der Waals surface area contributed by atoms with Crippen LogP contribution in [0, 0.1) is 0 Å². The van der Waals surface area contributed by atoms with Crippen molar-refractivity contribution in [1.29, 1.82) is 0 Å². The van der Waals surface area contributed by atoms with Gasteiger partial charge in [-0.1, -0.05) is 6.92 Å². The zero-order valence-electron chi connectivity index (χ0n) is 11.2. The van der Waals surface area contributed by atoms with Crippen LogP contribution < -0.4 is 5.32 Å². The molecular weight excluding hydrogens is 214 g/mol. The fraction of sp³-hybridized carbons (Fsp3) is 0.692. The predicted octanol–water partition coefficient (Wildman–Crippen LogP) is 2.33. The van der Waals surface area contributed by atoms with Crippen molar-refractivity contribution in [3.8, 4) is 0 Å². The fourth-order valence-electron chi connectivity index (χ4n) is 1.42. The van der Waals surface area contributed by atoms with Crippen LogP contribution >= 0.6 is 0 Å². The minimum absolute atomic E-state index is 0.123. The Morgan fingerprint density at radius 1 is 1.29 bits per heavy atom. The van der Waals surface area contributed by atoms with Gasteiger partial charge in [-0.25, -0.2) is 9.97 Å². The van der Waals surface area contributed by atoms with E-state index in [2.05, 4.69) is 43.0 Å². The van der Waals surface area contributed by atoms with E-state index in [0.29, 0.717) is 6.61 Å². The van der Waals surface area contributed by atoms with Crippen LogP contribution in [0.5, 0.6) is 0 Å². The minimum Gasteiger partial charge on any atom is -0.374 e. The van der Waals surface area contributed by atoms with Crippen molar-refractivity contribution >= 4 is 0 Å². The topological polar surface area (TPSA) is 47.0 Å². The van der Waals surface area contributed by atoms with E-state index in [9.17, 15) is 0 Å². The molecule has 0 aromatic carbocycles. The number of hydrogen-bond donors (Lipinski definition) is 1. The van der Waals surface area contributed by atoms with Gasteiger partial charge in [-0.2, -0.15) is 0 Å². The lowest BCUT2D eigenvalue weighted by Gasteiger charge is -2.25. The molecule has 96 valence electrons. The molecule has 0 aliphatic rings. The number of rotatable bonds is 6. The molecule has 0 spiro atoms. The molecule has 1 heterocycles. The van der Waals surface area contributed by atoms with E-state index < -0.39 is 0 Å². The lowest BCUT2D eigenvalue weighted by Crippen LogP contribution is -2.31. The van der Waals surface area contributed by atoms with Gasteiger partial charge < -0.3 is 10.1 Å². The second-order valence-corrected chi connectivity index (χ2v) is 5.10. The quantitative estimate of drug-likeness (QED) is 0.825. The lowest BCUT2D eigenvalue weighted by molar-refractivity contribution is -0.0148. The van der Waals surface area contributed by atoms with Gasteiger partial charge in [0.15, 0.2) is 0 Å². The minimum atomic E-state index is -0.123. The second kappa shape index (κ2) is 6.67. The standard InChI is InChI=1S/C13H23N3O/c1-5-6-16-12(9-17-13(2,3)4)11-7-14-10-15-8-11/h7-8,10,12,16H,5-6,9H2,1-4H3. The van der Waals surface area contributed by atoms with Crippen LogP contribution in [0.2, 0.25) is 0 Å². The molecule has 0 radical (unpaired) electrons. The average Bonchev–Trinajstić information content (AvgIpc) is 2.29. The molecule has 17 heavy (non-hydrogen) atoms. The molecule has 1 aromatic heterocycles. The fourth-order valence-corrected chi connectivity index (χ4v) is 1.42. The molecule has 1 N–H and O–H groups in total. The zero-order chi connectivity index (χ0) is 12.7. The predicted molar refractivity (Wildman–Crippen MR) is 68.8 cm³/mol. The highest BCUT2D eigenvalue weighted by atomic mass is 16.5. The van der Waals surface area contributed by atoms with Crippen LogP contribution in [-0.4, -0.2) is 28.7 Å². The largest absolute Gasteiger partial charge is 0.374 e. The Morgan fingerprint density at radius 3 is 2.47 bits per heavy atom. The number of aromatic nitrogens is 2. The molecular formula is C13H23N3O. The maximum atomic E-state index is 5.82. The number of nitrogens with one attached hydrogen (secondary N) is 1. The first-order valence-corrected chi connectivity index (χ1v) is 6.15. The Hall–Kier alpha value is -1.00. The maximum absolute atomic E-state index is 5.82. The third kappa shape index (κ3) is 5.75. The summed E-state index contributed by atoms with van der Waals surface area (Å²) in [5.74, 6) is 0. The first kappa shape index (κ1) is 14.1. The van der Waals surface area contributed by atoms with Crippen molar-refractivity contribution in [2.75, 3.05) is 13.2 Å². The highest BCUT2D eigenvalue weighted by molar-refractivity contribution is 5.09. The maximum Gasteiger partial charge on any atom is 0.115 e. The van der Waals surface area contributed by atoms with Gasteiger partial charge in [0.2, 0.25) is 0 Å². The summed E-state index contributed by atoms with van der Waals surface area (Å²) < 4.78 is 5.82. The van der Waals surface area contributed by atoms with Crippen LogP contribution in [0.1, 0.15) is 45.7 Å². The monoisotopic (exact) mass is 237 g/mol. The van der Waals surface area contributed by atoms with E-state index in [1.165, 1.54) is 0 Å². The third-order valence-corrected chi connectivity index (χ3v) is 2.31. The second-order valence-electron chi connectivity index (χ2n) is 5.10. The molecule has 0 saturated carbocycles. The molecule has 4 nitrogen and oxygen atoms in total. The van der Waals surface area contributed by atoms with Crippen molar-refractivity contribution in [2.45, 2.75) is 45.8 Å². The smallest absolute Gasteiger partial charge is 0.115 e. The Kier molecular flexibility index (Phi) is 5.51. The molecule has 0 aliphatic carbocycles. The van der Waals surface area contributed by atoms with Gasteiger partial charge in [0.1, 0.15) is 6.33 Å². The van der Waals surface area contributed by atoms with Crippen LogP contribution in [0.15, 0.2) is 18.7 Å². The summed E-state index contributed by atoms with van der Waals surface area (Å²) in [5, 5.41) is 3.45. The number of ether oxygens (including phenoxy) is 1. The molecule has 1 atom stereocenters. The van der Waals surface area contributed by atoms with Gasteiger partial charge in [-0.3, -0.25) is 0 Å². The Morgan fingerprint density at radius 2 is 1.94 bits per heavy atom. The Bertz CT molecular complexity index is 308. The number of hydrogen-bond acceptors (Lipinski definition) is 4.